The molecule has 32 heavy (non-hydrogen) atoms. The van der Waals surface area contributed by atoms with Gasteiger partial charge in [-0.1, -0.05) is 29.8 Å². The lowest BCUT2D eigenvalue weighted by Crippen LogP contribution is -2.46. The highest BCUT2D eigenvalue weighted by atomic mass is 19.1. The van der Waals surface area contributed by atoms with Crippen LogP contribution in [0.15, 0.2) is 58.1 Å². The van der Waals surface area contributed by atoms with Crippen molar-refractivity contribution in [3.63, 3.8) is 0 Å². The number of rotatable bonds is 6. The van der Waals surface area contributed by atoms with Gasteiger partial charge in [0.05, 0.1) is 18.3 Å². The number of hydrogen-bond acceptors (Lipinski definition) is 5. The van der Waals surface area contributed by atoms with Gasteiger partial charge in [0.2, 0.25) is 5.69 Å². The number of carbonyl (C=O) groups is 1. The normalized spacial score (nSPS) is 15.6. The minimum absolute atomic E-state index is 0.108. The minimum Gasteiger partial charge on any atom is -0.376 e. The second kappa shape index (κ2) is 9.27. The van der Waals surface area contributed by atoms with E-state index in [0.29, 0.717) is 17.9 Å². The van der Waals surface area contributed by atoms with Crippen LogP contribution in [0.1, 0.15) is 34.5 Å². The van der Waals surface area contributed by atoms with E-state index in [4.69, 9.17) is 4.74 Å². The van der Waals surface area contributed by atoms with E-state index >= 15 is 0 Å². The quantitative estimate of drug-likeness (QED) is 0.633. The predicted octanol–water partition coefficient (Wildman–Crippen LogP) is 1.80. The van der Waals surface area contributed by atoms with Crippen molar-refractivity contribution in [1.82, 2.24) is 19.7 Å². The monoisotopic (exact) mass is 438 g/mol. The van der Waals surface area contributed by atoms with Gasteiger partial charge in [-0.2, -0.15) is 9.78 Å². The van der Waals surface area contributed by atoms with Gasteiger partial charge in [0.25, 0.3) is 11.5 Å². The summed E-state index contributed by atoms with van der Waals surface area (Å²) in [6, 6.07) is 12.4. The van der Waals surface area contributed by atoms with Gasteiger partial charge >= 0.3 is 5.69 Å². The zero-order valence-corrected chi connectivity index (χ0v) is 17.6. The zero-order valence-electron chi connectivity index (χ0n) is 17.6. The lowest BCUT2D eigenvalue weighted by atomic mass is 10.2. The summed E-state index contributed by atoms with van der Waals surface area (Å²) in [5.74, 6) is -1.11. The van der Waals surface area contributed by atoms with Crippen molar-refractivity contribution in [3.8, 4) is 5.69 Å². The lowest BCUT2D eigenvalue weighted by molar-refractivity contribution is 0.0849. The van der Waals surface area contributed by atoms with Gasteiger partial charge in [-0.05, 0) is 49.6 Å². The third kappa shape index (κ3) is 4.67. The van der Waals surface area contributed by atoms with Crippen LogP contribution >= 0.6 is 0 Å². The Balaban J connectivity index is 1.75. The van der Waals surface area contributed by atoms with Crippen molar-refractivity contribution < 1.29 is 13.9 Å². The molecule has 2 heterocycles. The van der Waals surface area contributed by atoms with Crippen LogP contribution in [0, 0.1) is 12.7 Å². The van der Waals surface area contributed by atoms with E-state index < -0.39 is 28.7 Å². The highest BCUT2D eigenvalue weighted by Gasteiger charge is 2.22. The average Bonchev–Trinajstić information content (AvgIpc) is 3.31. The van der Waals surface area contributed by atoms with Crippen LogP contribution in [0.4, 0.5) is 4.39 Å². The maximum absolute atomic E-state index is 13.3. The predicted molar refractivity (Wildman–Crippen MR) is 116 cm³/mol. The van der Waals surface area contributed by atoms with Crippen LogP contribution in [0.3, 0.4) is 0 Å². The van der Waals surface area contributed by atoms with Gasteiger partial charge in [-0.15, -0.1) is 0 Å². The Labute approximate surface area is 183 Å². The highest BCUT2D eigenvalue weighted by molar-refractivity contribution is 5.91. The highest BCUT2D eigenvalue weighted by Crippen LogP contribution is 2.11. The van der Waals surface area contributed by atoms with Gasteiger partial charge in [-0.3, -0.25) is 14.2 Å². The number of carbonyl (C=O) groups excluding carboxylic acids is 1. The number of amides is 1. The number of aromatic nitrogens is 3. The number of hydrogen-bond donors (Lipinski definition) is 1. The summed E-state index contributed by atoms with van der Waals surface area (Å²) in [4.78, 5) is 39.0. The van der Waals surface area contributed by atoms with Crippen molar-refractivity contribution in [2.45, 2.75) is 32.4 Å². The van der Waals surface area contributed by atoms with Crippen LogP contribution in [-0.4, -0.2) is 39.5 Å². The molecular formula is C23H23FN4O4. The Morgan fingerprint density at radius 1 is 1.16 bits per heavy atom. The molecule has 1 aliphatic heterocycles. The van der Waals surface area contributed by atoms with Crippen LogP contribution < -0.4 is 16.6 Å². The smallest absolute Gasteiger partial charge is 0.352 e. The fraction of sp³-hybridized carbons (Fsp3) is 0.304. The molecule has 8 nitrogen and oxygen atoms in total. The van der Waals surface area contributed by atoms with E-state index in [-0.39, 0.29) is 19.2 Å². The molecule has 3 aromatic rings. The zero-order chi connectivity index (χ0) is 22.7. The van der Waals surface area contributed by atoms with Crippen molar-refractivity contribution in [3.05, 3.63) is 92.0 Å². The molecule has 166 valence electrons. The molecular weight excluding hydrogens is 415 g/mol. The molecule has 1 atom stereocenters. The summed E-state index contributed by atoms with van der Waals surface area (Å²) < 4.78 is 20.7. The molecule has 0 aliphatic carbocycles. The average molecular weight is 438 g/mol. The third-order valence-corrected chi connectivity index (χ3v) is 5.32. The second-order valence-corrected chi connectivity index (χ2v) is 7.74. The van der Waals surface area contributed by atoms with Crippen molar-refractivity contribution >= 4 is 5.91 Å². The van der Waals surface area contributed by atoms with E-state index in [0.717, 1.165) is 27.7 Å². The lowest BCUT2D eigenvalue weighted by Gasteiger charge is -2.14. The van der Waals surface area contributed by atoms with Crippen molar-refractivity contribution in [1.29, 1.82) is 0 Å². The molecule has 1 aromatic heterocycles. The van der Waals surface area contributed by atoms with E-state index in [2.05, 4.69) is 10.4 Å². The summed E-state index contributed by atoms with van der Waals surface area (Å²) in [6.07, 6.45) is 1.64. The van der Waals surface area contributed by atoms with Crippen LogP contribution in [-0.2, 0) is 11.3 Å². The summed E-state index contributed by atoms with van der Waals surface area (Å²) in [5.41, 5.74) is 0.0345. The molecule has 0 saturated carbocycles. The molecule has 1 saturated heterocycles. The molecule has 9 heteroatoms. The summed E-state index contributed by atoms with van der Waals surface area (Å²) in [7, 11) is 0. The molecule has 1 fully saturated rings. The fourth-order valence-electron chi connectivity index (χ4n) is 3.52. The van der Waals surface area contributed by atoms with Crippen LogP contribution in [0.25, 0.3) is 5.69 Å². The minimum atomic E-state index is -0.812. The molecule has 0 bridgehead atoms. The topological polar surface area (TPSA) is 95.2 Å². The Morgan fingerprint density at radius 2 is 1.88 bits per heavy atom. The number of ether oxygens (including phenoxy) is 1. The van der Waals surface area contributed by atoms with Gasteiger partial charge in [0.1, 0.15) is 5.82 Å². The first kappa shape index (κ1) is 21.6. The largest absolute Gasteiger partial charge is 0.376 e. The Kier molecular flexibility index (Phi) is 6.27. The van der Waals surface area contributed by atoms with Crippen molar-refractivity contribution in [2.75, 3.05) is 13.2 Å². The standard InChI is InChI=1S/C23H23FN4O4/c1-15-4-10-18(11-5-15)28-23(31)27(14-16-6-8-17(24)9-7-16)22(30)20(26-28)21(29)25-13-19-3-2-12-32-19/h4-11,19H,2-3,12-14H2,1H3,(H,25,29)/t19-/m1/s1. The maximum Gasteiger partial charge on any atom is 0.352 e. The number of aryl methyl sites for hydroxylation is 1. The number of halogens is 1. The van der Waals surface area contributed by atoms with E-state index in [1.54, 1.807) is 24.3 Å². The van der Waals surface area contributed by atoms with Crippen LogP contribution in [0.5, 0.6) is 0 Å². The molecule has 1 amide bonds. The fourth-order valence-corrected chi connectivity index (χ4v) is 3.52. The summed E-state index contributed by atoms with van der Waals surface area (Å²) in [6.45, 7) is 2.67. The van der Waals surface area contributed by atoms with E-state index in [9.17, 15) is 18.8 Å². The number of nitrogens with one attached hydrogen (secondary N) is 1. The Hall–Kier alpha value is -3.59. The van der Waals surface area contributed by atoms with Gasteiger partial charge < -0.3 is 10.1 Å². The molecule has 1 N–H and O–H groups in total. The molecule has 4 rings (SSSR count). The van der Waals surface area contributed by atoms with Gasteiger partial charge in [0.15, 0.2) is 0 Å². The first-order valence-electron chi connectivity index (χ1n) is 10.4. The summed E-state index contributed by atoms with van der Waals surface area (Å²) in [5, 5.41) is 6.77. The Bertz CT molecular complexity index is 1230. The van der Waals surface area contributed by atoms with Gasteiger partial charge in [0, 0.05) is 13.2 Å². The van der Waals surface area contributed by atoms with E-state index in [1.165, 1.54) is 24.3 Å². The molecule has 0 radical (unpaired) electrons. The van der Waals surface area contributed by atoms with Crippen LogP contribution in [0.2, 0.25) is 0 Å². The van der Waals surface area contributed by atoms with E-state index in [1.807, 2.05) is 6.92 Å². The SMILES string of the molecule is Cc1ccc(-n2nc(C(=O)NC[C@H]3CCCO3)c(=O)n(Cc3ccc(F)cc3)c2=O)cc1. The summed E-state index contributed by atoms with van der Waals surface area (Å²) >= 11 is 0. The first-order valence-corrected chi connectivity index (χ1v) is 10.4. The Morgan fingerprint density at radius 3 is 2.53 bits per heavy atom. The first-order chi connectivity index (χ1) is 15.4. The molecule has 1 aliphatic rings. The van der Waals surface area contributed by atoms with Gasteiger partial charge in [-0.25, -0.2) is 9.18 Å². The third-order valence-electron chi connectivity index (χ3n) is 5.32. The molecule has 2 aromatic carbocycles. The maximum atomic E-state index is 13.3. The molecule has 0 unspecified atom stereocenters. The van der Waals surface area contributed by atoms with Crippen molar-refractivity contribution in [2.24, 2.45) is 0 Å². The number of benzene rings is 2. The second-order valence-electron chi connectivity index (χ2n) is 7.74. The number of nitrogens with zero attached hydrogens (tertiary/aromatic N) is 3. The molecule has 0 spiro atoms.